The molecule has 2 aliphatic rings. The molecular weight excluding hydrogens is 534 g/mol. The Morgan fingerprint density at radius 2 is 1.95 bits per heavy atom. The van der Waals surface area contributed by atoms with Gasteiger partial charge in [-0.1, -0.05) is 6.42 Å². The number of piperidine rings is 1. The maximum atomic E-state index is 13.3. The molecule has 1 atom stereocenters. The van der Waals surface area contributed by atoms with Gasteiger partial charge in [0.25, 0.3) is 5.91 Å². The Labute approximate surface area is 224 Å². The number of rotatable bonds is 10. The SMILES string of the molecule is COc1cc(-c2cnc3cc(OCC4CCCCN4S(C)(=O)=O)ccn23)cc(OC(F)F)c1C(=O)NC1CC1. The van der Waals surface area contributed by atoms with Gasteiger partial charge in [0.2, 0.25) is 10.0 Å². The normalized spacial score (nSPS) is 18.3. The lowest BCUT2D eigenvalue weighted by atomic mass is 10.1. The molecule has 3 aromatic rings. The number of carbonyl (C=O) groups excluding carboxylic acids is 1. The number of nitrogens with one attached hydrogen (secondary N) is 1. The molecule has 2 aromatic heterocycles. The highest BCUT2D eigenvalue weighted by molar-refractivity contribution is 7.88. The van der Waals surface area contributed by atoms with Gasteiger partial charge in [-0.15, -0.1) is 0 Å². The third-order valence-electron chi connectivity index (χ3n) is 6.86. The number of imidazole rings is 1. The van der Waals surface area contributed by atoms with Crippen molar-refractivity contribution in [1.29, 1.82) is 0 Å². The number of aromatic nitrogens is 2. The number of fused-ring (bicyclic) bond motifs is 1. The van der Waals surface area contributed by atoms with Crippen molar-refractivity contribution in [2.75, 3.05) is 26.5 Å². The van der Waals surface area contributed by atoms with E-state index in [1.54, 1.807) is 35.0 Å². The number of carbonyl (C=O) groups is 1. The molecule has 210 valence electrons. The number of halogens is 2. The van der Waals surface area contributed by atoms with E-state index in [4.69, 9.17) is 14.2 Å². The average Bonchev–Trinajstić information content (AvgIpc) is 3.61. The van der Waals surface area contributed by atoms with Crippen LogP contribution in [0.2, 0.25) is 0 Å². The summed E-state index contributed by atoms with van der Waals surface area (Å²) in [6, 6.07) is 6.16. The van der Waals surface area contributed by atoms with E-state index in [2.05, 4.69) is 10.3 Å². The van der Waals surface area contributed by atoms with Crippen molar-refractivity contribution in [1.82, 2.24) is 19.0 Å². The van der Waals surface area contributed by atoms with Crippen LogP contribution in [0.25, 0.3) is 16.9 Å². The van der Waals surface area contributed by atoms with E-state index < -0.39 is 22.5 Å². The molecule has 1 N–H and O–H groups in total. The summed E-state index contributed by atoms with van der Waals surface area (Å²) in [7, 11) is -1.97. The third-order valence-corrected chi connectivity index (χ3v) is 8.20. The topological polar surface area (TPSA) is 111 Å². The summed E-state index contributed by atoms with van der Waals surface area (Å²) in [5.41, 5.74) is 1.44. The van der Waals surface area contributed by atoms with Crippen LogP contribution in [0.5, 0.6) is 17.2 Å². The van der Waals surface area contributed by atoms with Crippen LogP contribution in [-0.2, 0) is 10.0 Å². The highest BCUT2D eigenvalue weighted by Crippen LogP contribution is 2.37. The summed E-state index contributed by atoms with van der Waals surface area (Å²) in [5, 5.41) is 2.78. The fourth-order valence-corrected chi connectivity index (χ4v) is 6.00. The van der Waals surface area contributed by atoms with Crippen LogP contribution in [0.4, 0.5) is 8.78 Å². The number of hydrogen-bond acceptors (Lipinski definition) is 7. The highest BCUT2D eigenvalue weighted by Gasteiger charge is 2.31. The number of methoxy groups -OCH3 is 1. The van der Waals surface area contributed by atoms with Gasteiger partial charge in [-0.3, -0.25) is 9.20 Å². The van der Waals surface area contributed by atoms with Gasteiger partial charge in [0.15, 0.2) is 0 Å². The summed E-state index contributed by atoms with van der Waals surface area (Å²) < 4.78 is 70.1. The van der Waals surface area contributed by atoms with Crippen LogP contribution in [0.1, 0.15) is 42.5 Å². The molecule has 1 saturated heterocycles. The smallest absolute Gasteiger partial charge is 0.387 e. The van der Waals surface area contributed by atoms with Gasteiger partial charge in [0, 0.05) is 30.4 Å². The highest BCUT2D eigenvalue weighted by atomic mass is 32.2. The second kappa shape index (κ2) is 11.0. The summed E-state index contributed by atoms with van der Waals surface area (Å²) in [5.74, 6) is -0.219. The van der Waals surface area contributed by atoms with Crippen molar-refractivity contribution in [2.24, 2.45) is 0 Å². The minimum Gasteiger partial charge on any atom is -0.496 e. The molecule has 1 unspecified atom stereocenters. The summed E-state index contributed by atoms with van der Waals surface area (Å²) in [6.45, 7) is -2.44. The second-order valence-electron chi connectivity index (χ2n) is 9.75. The molecule has 1 aliphatic carbocycles. The second-order valence-corrected chi connectivity index (χ2v) is 11.7. The summed E-state index contributed by atoms with van der Waals surface area (Å²) in [4.78, 5) is 17.2. The first-order chi connectivity index (χ1) is 18.6. The molecule has 10 nitrogen and oxygen atoms in total. The first kappa shape index (κ1) is 27.1. The number of pyridine rings is 1. The van der Waals surface area contributed by atoms with E-state index in [-0.39, 0.29) is 35.8 Å². The van der Waals surface area contributed by atoms with E-state index in [0.29, 0.717) is 29.2 Å². The van der Waals surface area contributed by atoms with Crippen molar-refractivity contribution in [3.8, 4) is 28.5 Å². The zero-order valence-electron chi connectivity index (χ0n) is 21.6. The molecule has 0 spiro atoms. The molecule has 0 radical (unpaired) electrons. The van der Waals surface area contributed by atoms with Gasteiger partial charge in [-0.05, 0) is 43.9 Å². The zero-order chi connectivity index (χ0) is 27.7. The predicted octanol–water partition coefficient (Wildman–Crippen LogP) is 3.70. The van der Waals surface area contributed by atoms with Crippen LogP contribution >= 0.6 is 0 Å². The zero-order valence-corrected chi connectivity index (χ0v) is 22.4. The van der Waals surface area contributed by atoms with Gasteiger partial charge in [-0.25, -0.2) is 13.4 Å². The van der Waals surface area contributed by atoms with Crippen molar-refractivity contribution in [3.63, 3.8) is 0 Å². The van der Waals surface area contributed by atoms with Gasteiger partial charge in [0.1, 0.15) is 35.1 Å². The molecule has 2 fully saturated rings. The van der Waals surface area contributed by atoms with Crippen LogP contribution in [0, 0.1) is 0 Å². The Morgan fingerprint density at radius 3 is 2.64 bits per heavy atom. The number of ether oxygens (including phenoxy) is 3. The van der Waals surface area contributed by atoms with Crippen molar-refractivity contribution in [3.05, 3.63) is 42.2 Å². The van der Waals surface area contributed by atoms with E-state index in [1.807, 2.05) is 0 Å². The number of sulfonamides is 1. The number of alkyl halides is 2. The first-order valence-corrected chi connectivity index (χ1v) is 14.5. The van der Waals surface area contributed by atoms with Gasteiger partial charge in [0.05, 0.1) is 31.3 Å². The summed E-state index contributed by atoms with van der Waals surface area (Å²) >= 11 is 0. The number of benzene rings is 1. The minimum atomic E-state index is -3.33. The molecule has 1 aliphatic heterocycles. The van der Waals surface area contributed by atoms with Crippen molar-refractivity contribution in [2.45, 2.75) is 50.8 Å². The van der Waals surface area contributed by atoms with Gasteiger partial charge >= 0.3 is 6.61 Å². The minimum absolute atomic E-state index is 0.0176. The molecule has 3 heterocycles. The summed E-state index contributed by atoms with van der Waals surface area (Å²) in [6.07, 6.45) is 8.65. The van der Waals surface area contributed by atoms with Crippen molar-refractivity contribution < 1.29 is 36.2 Å². The number of hydrogen-bond donors (Lipinski definition) is 1. The lowest BCUT2D eigenvalue weighted by Crippen LogP contribution is -2.46. The van der Waals surface area contributed by atoms with Crippen LogP contribution < -0.4 is 19.5 Å². The van der Waals surface area contributed by atoms with E-state index >= 15 is 0 Å². The van der Waals surface area contributed by atoms with E-state index in [0.717, 1.165) is 32.1 Å². The molecular formula is C26H30F2N4O6S. The maximum Gasteiger partial charge on any atom is 0.387 e. The maximum absolute atomic E-state index is 13.3. The lowest BCUT2D eigenvalue weighted by Gasteiger charge is -2.33. The largest absolute Gasteiger partial charge is 0.496 e. The molecule has 13 heteroatoms. The third kappa shape index (κ3) is 6.09. The van der Waals surface area contributed by atoms with E-state index in [1.165, 1.54) is 23.7 Å². The van der Waals surface area contributed by atoms with Crippen LogP contribution in [-0.4, -0.2) is 73.2 Å². The van der Waals surface area contributed by atoms with Crippen LogP contribution in [0.3, 0.4) is 0 Å². The predicted molar refractivity (Wildman–Crippen MR) is 139 cm³/mol. The fourth-order valence-electron chi connectivity index (χ4n) is 4.83. The Kier molecular flexibility index (Phi) is 7.63. The lowest BCUT2D eigenvalue weighted by molar-refractivity contribution is -0.0502. The standard InChI is InChI=1S/C26H30F2N4O6S/c1-36-21-11-16(12-22(38-26(27)28)24(21)25(33)30-17-6-7-17)20-14-29-23-13-19(8-10-31(20)23)37-15-18-5-3-4-9-32(18)39(2,34)35/h8,10-14,17-18,26H,3-7,9,15H2,1-2H3,(H,30,33). The molecule has 1 amide bonds. The quantitative estimate of drug-likeness (QED) is 0.400. The molecule has 39 heavy (non-hydrogen) atoms. The fraction of sp³-hybridized carbons (Fsp3) is 0.462. The molecule has 1 saturated carbocycles. The Bertz CT molecular complexity index is 1470. The van der Waals surface area contributed by atoms with Gasteiger partial charge in [-0.2, -0.15) is 13.1 Å². The number of nitrogens with zero attached hydrogens (tertiary/aromatic N) is 3. The van der Waals surface area contributed by atoms with Gasteiger partial charge < -0.3 is 19.5 Å². The molecule has 1 aromatic carbocycles. The number of amides is 1. The van der Waals surface area contributed by atoms with E-state index in [9.17, 15) is 22.0 Å². The first-order valence-electron chi connectivity index (χ1n) is 12.7. The monoisotopic (exact) mass is 564 g/mol. The Hall–Kier alpha value is -3.45. The van der Waals surface area contributed by atoms with Crippen molar-refractivity contribution >= 4 is 21.6 Å². The molecule has 5 rings (SSSR count). The average molecular weight is 565 g/mol. The Balaban J connectivity index is 1.41. The van der Waals surface area contributed by atoms with Crippen LogP contribution in [0.15, 0.2) is 36.7 Å². The Morgan fingerprint density at radius 1 is 1.18 bits per heavy atom. The molecule has 0 bridgehead atoms.